The summed E-state index contributed by atoms with van der Waals surface area (Å²) in [5.74, 6) is 0.231. The van der Waals surface area contributed by atoms with Crippen LogP contribution in [-0.2, 0) is 6.61 Å². The van der Waals surface area contributed by atoms with E-state index in [0.29, 0.717) is 18.0 Å². The van der Waals surface area contributed by atoms with Gasteiger partial charge >= 0.3 is 0 Å². The number of nitro benzene ring substituents is 1. The molecule has 0 saturated carbocycles. The Kier molecular flexibility index (Phi) is 5.17. The van der Waals surface area contributed by atoms with Crippen molar-refractivity contribution in [2.75, 3.05) is 5.32 Å². The molecule has 4 aromatic rings. The molecule has 0 saturated heterocycles. The maximum Gasteiger partial charge on any atom is 0.270 e. The average Bonchev–Trinajstić information content (AvgIpc) is 3.16. The first-order chi connectivity index (χ1) is 14.1. The van der Waals surface area contributed by atoms with E-state index in [2.05, 4.69) is 10.3 Å². The number of hydrogen-bond acceptors (Lipinski definition) is 6. The molecule has 0 unspecified atom stereocenters. The smallest absolute Gasteiger partial charge is 0.270 e. The molecule has 1 amide bonds. The van der Waals surface area contributed by atoms with Gasteiger partial charge in [0.25, 0.3) is 11.6 Å². The second-order valence-corrected chi connectivity index (χ2v) is 7.27. The first kappa shape index (κ1) is 18.6. The summed E-state index contributed by atoms with van der Waals surface area (Å²) in [6, 6.07) is 20.4. The van der Waals surface area contributed by atoms with Crippen LogP contribution in [0, 0.1) is 10.1 Å². The second-order valence-electron chi connectivity index (χ2n) is 6.15. The zero-order valence-corrected chi connectivity index (χ0v) is 15.9. The molecule has 4 rings (SSSR count). The molecule has 0 aliphatic rings. The van der Waals surface area contributed by atoms with Crippen LogP contribution in [0.2, 0.25) is 0 Å². The van der Waals surface area contributed by atoms with Crippen molar-refractivity contribution in [3.05, 3.63) is 93.5 Å². The van der Waals surface area contributed by atoms with Crippen molar-refractivity contribution in [2.45, 2.75) is 6.61 Å². The molecule has 144 valence electrons. The number of para-hydroxylation sites is 1. The summed E-state index contributed by atoms with van der Waals surface area (Å²) >= 11 is 1.59. The number of anilines is 1. The summed E-state index contributed by atoms with van der Waals surface area (Å²) in [4.78, 5) is 27.1. The number of nitrogens with zero attached hydrogens (tertiary/aromatic N) is 2. The third-order valence-corrected chi connectivity index (χ3v) is 5.14. The van der Waals surface area contributed by atoms with Gasteiger partial charge in [-0.3, -0.25) is 14.9 Å². The molecule has 0 radical (unpaired) electrons. The van der Waals surface area contributed by atoms with E-state index in [-0.39, 0.29) is 11.3 Å². The third-order valence-electron chi connectivity index (χ3n) is 4.13. The fraction of sp³-hybridized carbons (Fsp3) is 0.0476. The molecule has 0 aliphatic carbocycles. The normalized spacial score (nSPS) is 10.6. The van der Waals surface area contributed by atoms with Crippen LogP contribution in [0.1, 0.15) is 15.4 Å². The van der Waals surface area contributed by atoms with E-state index in [9.17, 15) is 14.9 Å². The van der Waals surface area contributed by atoms with Crippen molar-refractivity contribution in [3.8, 4) is 5.75 Å². The van der Waals surface area contributed by atoms with E-state index in [1.165, 1.54) is 24.3 Å². The lowest BCUT2D eigenvalue weighted by molar-refractivity contribution is -0.384. The summed E-state index contributed by atoms with van der Waals surface area (Å²) in [6.45, 7) is 0.360. The lowest BCUT2D eigenvalue weighted by atomic mass is 10.2. The van der Waals surface area contributed by atoms with Crippen molar-refractivity contribution in [3.63, 3.8) is 0 Å². The van der Waals surface area contributed by atoms with Gasteiger partial charge in [0.05, 0.1) is 15.1 Å². The molecule has 3 aromatic carbocycles. The molecule has 1 heterocycles. The number of carbonyl (C=O) groups is 1. The van der Waals surface area contributed by atoms with Crippen LogP contribution >= 0.6 is 11.3 Å². The lowest BCUT2D eigenvalue weighted by Gasteiger charge is -2.07. The largest absolute Gasteiger partial charge is 0.486 e. The molecule has 1 aromatic heterocycles. The minimum absolute atomic E-state index is 0.128. The Balaban J connectivity index is 1.38. The van der Waals surface area contributed by atoms with Gasteiger partial charge in [-0.2, -0.15) is 0 Å². The van der Waals surface area contributed by atoms with Crippen molar-refractivity contribution >= 4 is 38.8 Å². The number of carbonyl (C=O) groups excluding carboxylic acids is 1. The zero-order valence-electron chi connectivity index (χ0n) is 15.1. The summed E-state index contributed by atoms with van der Waals surface area (Å²) in [6.07, 6.45) is 0. The van der Waals surface area contributed by atoms with Gasteiger partial charge in [-0.15, -0.1) is 11.3 Å². The Bertz CT molecular complexity index is 1150. The van der Waals surface area contributed by atoms with Crippen LogP contribution in [-0.4, -0.2) is 15.8 Å². The summed E-state index contributed by atoms with van der Waals surface area (Å²) < 4.78 is 6.88. The number of thiazole rings is 1. The lowest BCUT2D eigenvalue weighted by Crippen LogP contribution is -2.12. The molecule has 0 fully saturated rings. The van der Waals surface area contributed by atoms with E-state index in [4.69, 9.17) is 4.74 Å². The van der Waals surface area contributed by atoms with Gasteiger partial charge < -0.3 is 10.1 Å². The molecule has 1 N–H and O–H groups in total. The van der Waals surface area contributed by atoms with Gasteiger partial charge in [-0.05, 0) is 42.5 Å². The maximum absolute atomic E-state index is 12.3. The second kappa shape index (κ2) is 8.07. The number of rotatable bonds is 6. The molecule has 0 aliphatic heterocycles. The predicted molar refractivity (Wildman–Crippen MR) is 111 cm³/mol. The highest BCUT2D eigenvalue weighted by Crippen LogP contribution is 2.24. The number of fused-ring (bicyclic) bond motifs is 1. The van der Waals surface area contributed by atoms with E-state index < -0.39 is 10.8 Å². The molecule has 7 nitrogen and oxygen atoms in total. The summed E-state index contributed by atoms with van der Waals surface area (Å²) in [5, 5.41) is 14.4. The number of benzene rings is 3. The maximum atomic E-state index is 12.3. The zero-order chi connectivity index (χ0) is 20.2. The molecular weight excluding hydrogens is 390 g/mol. The topological polar surface area (TPSA) is 94.4 Å². The number of aromatic nitrogens is 1. The highest BCUT2D eigenvalue weighted by atomic mass is 32.1. The van der Waals surface area contributed by atoms with Crippen LogP contribution in [0.4, 0.5) is 11.4 Å². The van der Waals surface area contributed by atoms with E-state index in [0.717, 1.165) is 15.2 Å². The van der Waals surface area contributed by atoms with Gasteiger partial charge in [-0.25, -0.2) is 4.98 Å². The summed E-state index contributed by atoms with van der Waals surface area (Å²) in [5.41, 5.74) is 1.61. The van der Waals surface area contributed by atoms with Gasteiger partial charge in [-0.1, -0.05) is 18.2 Å². The monoisotopic (exact) mass is 405 g/mol. The number of nitrogens with one attached hydrogen (secondary N) is 1. The Hall–Kier alpha value is -3.78. The highest BCUT2D eigenvalue weighted by Gasteiger charge is 2.12. The molecular formula is C21H15N3O4S. The third kappa shape index (κ3) is 4.39. The van der Waals surface area contributed by atoms with E-state index in [1.807, 2.05) is 24.3 Å². The molecule has 0 atom stereocenters. The number of non-ortho nitro benzene ring substituents is 1. The molecule has 8 heteroatoms. The Morgan fingerprint density at radius 2 is 1.86 bits per heavy atom. The standard InChI is InChI=1S/C21H15N3O4S/c25-21(14-4-3-5-16(12-14)24(26)27)22-15-8-10-17(11-9-15)28-13-20-23-18-6-1-2-7-19(18)29-20/h1-12H,13H2,(H,22,25). The molecule has 0 bridgehead atoms. The average molecular weight is 405 g/mol. The van der Waals surface area contributed by atoms with Crippen molar-refractivity contribution in [1.29, 1.82) is 0 Å². The minimum atomic E-state index is -0.533. The number of amides is 1. The minimum Gasteiger partial charge on any atom is -0.486 e. The van der Waals surface area contributed by atoms with Gasteiger partial charge in [0.15, 0.2) is 0 Å². The Morgan fingerprint density at radius 3 is 2.62 bits per heavy atom. The van der Waals surface area contributed by atoms with Gasteiger partial charge in [0.1, 0.15) is 17.4 Å². The van der Waals surface area contributed by atoms with Crippen LogP contribution in [0.25, 0.3) is 10.2 Å². The molecule has 29 heavy (non-hydrogen) atoms. The van der Waals surface area contributed by atoms with E-state index in [1.54, 1.807) is 35.6 Å². The van der Waals surface area contributed by atoms with Crippen LogP contribution in [0.15, 0.2) is 72.8 Å². The Labute approximate surface area is 169 Å². The van der Waals surface area contributed by atoms with E-state index >= 15 is 0 Å². The number of nitro groups is 1. The van der Waals surface area contributed by atoms with Crippen molar-refractivity contribution in [2.24, 2.45) is 0 Å². The first-order valence-corrected chi connectivity index (χ1v) is 9.53. The van der Waals surface area contributed by atoms with Crippen LogP contribution < -0.4 is 10.1 Å². The van der Waals surface area contributed by atoms with Crippen LogP contribution in [0.5, 0.6) is 5.75 Å². The van der Waals surface area contributed by atoms with Crippen molar-refractivity contribution in [1.82, 2.24) is 4.98 Å². The van der Waals surface area contributed by atoms with Gasteiger partial charge in [0.2, 0.25) is 0 Å². The summed E-state index contributed by atoms with van der Waals surface area (Å²) in [7, 11) is 0. The van der Waals surface area contributed by atoms with Crippen LogP contribution in [0.3, 0.4) is 0 Å². The first-order valence-electron chi connectivity index (χ1n) is 8.71. The SMILES string of the molecule is O=C(Nc1ccc(OCc2nc3ccccc3s2)cc1)c1cccc([N+](=O)[O-])c1. The molecule has 0 spiro atoms. The van der Waals surface area contributed by atoms with Gasteiger partial charge in [0, 0.05) is 23.4 Å². The predicted octanol–water partition coefficient (Wildman–Crippen LogP) is 5.04. The highest BCUT2D eigenvalue weighted by molar-refractivity contribution is 7.18. The fourth-order valence-corrected chi connectivity index (χ4v) is 3.61. The van der Waals surface area contributed by atoms with Crippen molar-refractivity contribution < 1.29 is 14.5 Å². The number of ether oxygens (including phenoxy) is 1. The Morgan fingerprint density at radius 1 is 1.07 bits per heavy atom. The fourth-order valence-electron chi connectivity index (χ4n) is 2.73. The number of hydrogen-bond donors (Lipinski definition) is 1. The quantitative estimate of drug-likeness (QED) is 0.358.